The molecule has 0 aliphatic heterocycles. The number of hydrogen-bond acceptors (Lipinski definition) is 1. The summed E-state index contributed by atoms with van der Waals surface area (Å²) in [7, 11) is 0. The summed E-state index contributed by atoms with van der Waals surface area (Å²) in [6.07, 6.45) is 0. The first-order valence-electron chi connectivity index (χ1n) is 6.25. The molecule has 0 amide bonds. The second kappa shape index (κ2) is 3.73. The molecule has 3 nitrogen and oxygen atoms in total. The van der Waals surface area contributed by atoms with E-state index in [1.165, 1.54) is 10.9 Å². The highest BCUT2D eigenvalue weighted by atomic mass is 16.1. The molecule has 3 rings (SSSR count). The normalized spacial score (nSPS) is 11.5. The minimum atomic E-state index is 0.0586. The maximum absolute atomic E-state index is 12.1. The molecule has 3 aromatic rings. The van der Waals surface area contributed by atoms with Gasteiger partial charge < -0.3 is 0 Å². The predicted molar refractivity (Wildman–Crippen MR) is 74.3 cm³/mol. The van der Waals surface area contributed by atoms with Crippen molar-refractivity contribution in [2.45, 2.75) is 27.3 Å². The number of benzene rings is 1. The highest BCUT2D eigenvalue weighted by Gasteiger charge is 2.13. The van der Waals surface area contributed by atoms with E-state index >= 15 is 0 Å². The van der Waals surface area contributed by atoms with Crippen LogP contribution >= 0.6 is 0 Å². The molecule has 0 saturated carbocycles. The zero-order chi connectivity index (χ0) is 12.9. The molecular formula is C15H16N2O. The zero-order valence-corrected chi connectivity index (χ0v) is 10.9. The third kappa shape index (κ3) is 1.27. The van der Waals surface area contributed by atoms with Crippen LogP contribution in [-0.2, 0) is 6.54 Å². The van der Waals surface area contributed by atoms with Crippen LogP contribution in [0.3, 0.4) is 0 Å². The maximum atomic E-state index is 12.1. The fourth-order valence-corrected chi connectivity index (χ4v) is 2.82. The molecule has 0 aliphatic carbocycles. The summed E-state index contributed by atoms with van der Waals surface area (Å²) in [5.41, 5.74) is 4.59. The van der Waals surface area contributed by atoms with Crippen LogP contribution in [0, 0.1) is 13.8 Å². The lowest BCUT2D eigenvalue weighted by Crippen LogP contribution is -2.25. The van der Waals surface area contributed by atoms with Crippen LogP contribution in [0.1, 0.15) is 18.1 Å². The lowest BCUT2D eigenvalue weighted by atomic mass is 10.1. The molecule has 0 unspecified atom stereocenters. The van der Waals surface area contributed by atoms with Crippen LogP contribution < -0.4 is 5.56 Å². The van der Waals surface area contributed by atoms with E-state index in [1.807, 2.05) is 26.0 Å². The molecule has 18 heavy (non-hydrogen) atoms. The summed E-state index contributed by atoms with van der Waals surface area (Å²) in [5, 5.41) is 1.22. The van der Waals surface area contributed by atoms with Gasteiger partial charge >= 0.3 is 0 Å². The van der Waals surface area contributed by atoms with Crippen molar-refractivity contribution in [2.75, 3.05) is 0 Å². The molecule has 0 N–H and O–H groups in total. The van der Waals surface area contributed by atoms with Crippen molar-refractivity contribution in [3.63, 3.8) is 0 Å². The first kappa shape index (κ1) is 11.1. The average molecular weight is 240 g/mol. The lowest BCUT2D eigenvalue weighted by Gasteiger charge is -2.10. The van der Waals surface area contributed by atoms with Crippen molar-refractivity contribution in [3.8, 4) is 0 Å². The molecule has 92 valence electrons. The molecule has 3 heteroatoms. The predicted octanol–water partition coefficient (Wildman–Crippen LogP) is 2.89. The number of rotatable bonds is 1. The third-order valence-corrected chi connectivity index (χ3v) is 3.61. The van der Waals surface area contributed by atoms with Gasteiger partial charge in [0.15, 0.2) is 0 Å². The van der Waals surface area contributed by atoms with Crippen LogP contribution in [0.15, 0.2) is 35.1 Å². The van der Waals surface area contributed by atoms with E-state index in [4.69, 9.17) is 0 Å². The highest BCUT2D eigenvalue weighted by molar-refractivity contribution is 5.92. The number of fused-ring (bicyclic) bond motifs is 3. The van der Waals surface area contributed by atoms with Crippen LogP contribution in [-0.4, -0.2) is 9.20 Å². The van der Waals surface area contributed by atoms with E-state index in [-0.39, 0.29) is 5.56 Å². The van der Waals surface area contributed by atoms with Gasteiger partial charge in [-0.2, -0.15) is 0 Å². The Kier molecular flexibility index (Phi) is 2.30. The van der Waals surface area contributed by atoms with E-state index in [0.29, 0.717) is 6.54 Å². The van der Waals surface area contributed by atoms with Crippen molar-refractivity contribution in [1.82, 2.24) is 9.20 Å². The van der Waals surface area contributed by atoms with Gasteiger partial charge in [0.05, 0.1) is 11.0 Å². The summed E-state index contributed by atoms with van der Waals surface area (Å²) < 4.78 is 3.85. The van der Waals surface area contributed by atoms with Crippen LogP contribution in [0.2, 0.25) is 0 Å². The Morgan fingerprint density at radius 3 is 2.61 bits per heavy atom. The zero-order valence-electron chi connectivity index (χ0n) is 10.9. The fraction of sp³-hybridized carbons (Fsp3) is 0.267. The van der Waals surface area contributed by atoms with Crippen molar-refractivity contribution in [2.24, 2.45) is 0 Å². The molecular weight excluding hydrogens is 224 g/mol. The molecule has 0 radical (unpaired) electrons. The summed E-state index contributed by atoms with van der Waals surface area (Å²) >= 11 is 0. The van der Waals surface area contributed by atoms with Gasteiger partial charge in [0.2, 0.25) is 0 Å². The van der Waals surface area contributed by atoms with Crippen molar-refractivity contribution >= 4 is 16.4 Å². The van der Waals surface area contributed by atoms with E-state index in [1.54, 1.807) is 10.7 Å². The van der Waals surface area contributed by atoms with E-state index in [9.17, 15) is 4.79 Å². The van der Waals surface area contributed by atoms with Crippen molar-refractivity contribution in [1.29, 1.82) is 0 Å². The van der Waals surface area contributed by atoms with Crippen LogP contribution in [0.25, 0.3) is 16.4 Å². The van der Waals surface area contributed by atoms with Gasteiger partial charge in [-0.3, -0.25) is 4.79 Å². The smallest absolute Gasteiger partial charge is 0.265 e. The molecule has 0 atom stereocenters. The quantitative estimate of drug-likeness (QED) is 0.642. The Balaban J connectivity index is 2.72. The van der Waals surface area contributed by atoms with Gasteiger partial charge in [-0.1, -0.05) is 18.2 Å². The fourth-order valence-electron chi connectivity index (χ4n) is 2.82. The molecule has 2 heterocycles. The molecule has 0 saturated heterocycles. The van der Waals surface area contributed by atoms with E-state index in [2.05, 4.69) is 23.6 Å². The number of aromatic nitrogens is 2. The topological polar surface area (TPSA) is 26.4 Å². The second-order valence-corrected chi connectivity index (χ2v) is 4.68. The Bertz CT molecular complexity index is 809. The standard InChI is InChI=1S/C15H16N2O/c1-4-16-14(18)9-10(2)15-11(3)12-7-5-6-8-13(12)17(15)16/h5-9H,4H2,1-3H3. The van der Waals surface area contributed by atoms with Crippen molar-refractivity contribution < 1.29 is 0 Å². The van der Waals surface area contributed by atoms with Gasteiger partial charge in [0.25, 0.3) is 5.56 Å². The van der Waals surface area contributed by atoms with Gasteiger partial charge in [0.1, 0.15) is 0 Å². The minimum Gasteiger partial charge on any atom is -0.268 e. The number of nitrogens with zero attached hydrogens (tertiary/aromatic N) is 2. The van der Waals surface area contributed by atoms with Crippen molar-refractivity contribution in [3.05, 3.63) is 51.8 Å². The highest BCUT2D eigenvalue weighted by Crippen LogP contribution is 2.26. The number of aryl methyl sites for hydroxylation is 3. The third-order valence-electron chi connectivity index (χ3n) is 3.61. The first-order valence-corrected chi connectivity index (χ1v) is 6.25. The first-order chi connectivity index (χ1) is 8.65. The number of hydrogen-bond donors (Lipinski definition) is 0. The molecule has 0 bridgehead atoms. The van der Waals surface area contributed by atoms with Crippen LogP contribution in [0.5, 0.6) is 0 Å². The van der Waals surface area contributed by atoms with E-state index < -0.39 is 0 Å². The Hall–Kier alpha value is -2.03. The maximum Gasteiger partial charge on any atom is 0.265 e. The summed E-state index contributed by atoms with van der Waals surface area (Å²) in [5.74, 6) is 0. The number of para-hydroxylation sites is 1. The molecule has 0 fully saturated rings. The Morgan fingerprint density at radius 2 is 1.89 bits per heavy atom. The average Bonchev–Trinajstić information content (AvgIpc) is 2.65. The molecule has 2 aromatic heterocycles. The lowest BCUT2D eigenvalue weighted by molar-refractivity contribution is 0.590. The SMILES string of the molecule is CCn1c(=O)cc(C)c2c(C)c3ccccc3n21. The van der Waals surface area contributed by atoms with Crippen LogP contribution in [0.4, 0.5) is 0 Å². The summed E-state index contributed by atoms with van der Waals surface area (Å²) in [6, 6.07) is 9.96. The largest absolute Gasteiger partial charge is 0.268 e. The minimum absolute atomic E-state index is 0.0586. The Morgan fingerprint density at radius 1 is 1.17 bits per heavy atom. The molecule has 0 spiro atoms. The summed E-state index contributed by atoms with van der Waals surface area (Å²) in [6.45, 7) is 6.80. The van der Waals surface area contributed by atoms with Gasteiger partial charge in [-0.05, 0) is 38.0 Å². The Labute approximate surface area is 105 Å². The van der Waals surface area contributed by atoms with Gasteiger partial charge in [-0.25, -0.2) is 9.20 Å². The summed E-state index contributed by atoms with van der Waals surface area (Å²) in [4.78, 5) is 12.1. The molecule has 0 aliphatic rings. The van der Waals surface area contributed by atoms with E-state index in [0.717, 1.165) is 16.6 Å². The van der Waals surface area contributed by atoms with Gasteiger partial charge in [0, 0.05) is 18.0 Å². The molecule has 1 aromatic carbocycles. The second-order valence-electron chi connectivity index (χ2n) is 4.68. The monoisotopic (exact) mass is 240 g/mol. The van der Waals surface area contributed by atoms with Gasteiger partial charge in [-0.15, -0.1) is 0 Å².